The van der Waals surface area contributed by atoms with Gasteiger partial charge in [0.2, 0.25) is 0 Å². The zero-order valence-electron chi connectivity index (χ0n) is 24.3. The Morgan fingerprint density at radius 2 is 1.65 bits per heavy atom. The fourth-order valence-corrected chi connectivity index (χ4v) is 5.42. The van der Waals surface area contributed by atoms with Crippen molar-refractivity contribution >= 4 is 17.4 Å². The summed E-state index contributed by atoms with van der Waals surface area (Å²) in [4.78, 5) is 30.6. The number of methoxy groups -OCH3 is 2. The molecular formula is C33H35FN2O7. The highest BCUT2D eigenvalue weighted by atomic mass is 19.1. The van der Waals surface area contributed by atoms with Crippen molar-refractivity contribution in [3.63, 3.8) is 0 Å². The average Bonchev–Trinajstić information content (AvgIpc) is 3.29. The van der Waals surface area contributed by atoms with Crippen LogP contribution >= 0.6 is 0 Å². The zero-order chi connectivity index (χ0) is 30.3. The minimum absolute atomic E-state index is 0.00695. The van der Waals surface area contributed by atoms with Crippen molar-refractivity contribution in [1.29, 1.82) is 0 Å². The summed E-state index contributed by atoms with van der Waals surface area (Å²) < 4.78 is 36.6. The summed E-state index contributed by atoms with van der Waals surface area (Å²) in [5.41, 5.74) is 1.46. The number of amides is 1. The molecule has 0 aliphatic carbocycles. The van der Waals surface area contributed by atoms with Gasteiger partial charge in [-0.15, -0.1) is 0 Å². The highest BCUT2D eigenvalue weighted by Crippen LogP contribution is 2.42. The summed E-state index contributed by atoms with van der Waals surface area (Å²) >= 11 is 0. The van der Waals surface area contributed by atoms with Gasteiger partial charge in [-0.2, -0.15) is 0 Å². The second-order valence-corrected chi connectivity index (χ2v) is 10.3. The fraction of sp³-hybridized carbons (Fsp3) is 0.333. The number of nitrogens with zero attached hydrogens (tertiary/aromatic N) is 2. The van der Waals surface area contributed by atoms with E-state index in [0.717, 1.165) is 31.3 Å². The number of hydrogen-bond acceptors (Lipinski definition) is 8. The summed E-state index contributed by atoms with van der Waals surface area (Å²) in [6, 6.07) is 17.8. The van der Waals surface area contributed by atoms with E-state index >= 15 is 0 Å². The van der Waals surface area contributed by atoms with Gasteiger partial charge >= 0.3 is 0 Å². The van der Waals surface area contributed by atoms with Crippen LogP contribution in [0, 0.1) is 5.82 Å². The van der Waals surface area contributed by atoms with E-state index in [-0.39, 0.29) is 23.4 Å². The second-order valence-electron chi connectivity index (χ2n) is 10.3. The third kappa shape index (κ3) is 6.65. The van der Waals surface area contributed by atoms with E-state index in [9.17, 15) is 19.1 Å². The number of ether oxygens (including phenoxy) is 4. The van der Waals surface area contributed by atoms with Gasteiger partial charge in [0.25, 0.3) is 11.7 Å². The Bertz CT molecular complexity index is 1490. The molecule has 2 aliphatic heterocycles. The molecule has 10 heteroatoms. The molecule has 3 aromatic carbocycles. The molecule has 1 N–H and O–H groups in total. The van der Waals surface area contributed by atoms with Crippen molar-refractivity contribution in [3.8, 4) is 17.2 Å². The Morgan fingerprint density at radius 3 is 2.35 bits per heavy atom. The molecule has 5 rings (SSSR count). The predicted octanol–water partition coefficient (Wildman–Crippen LogP) is 4.57. The second kappa shape index (κ2) is 13.7. The molecule has 1 unspecified atom stereocenters. The molecule has 0 radical (unpaired) electrons. The van der Waals surface area contributed by atoms with Crippen LogP contribution in [0.4, 0.5) is 4.39 Å². The van der Waals surface area contributed by atoms with Gasteiger partial charge in [0.15, 0.2) is 23.1 Å². The molecule has 3 aromatic rings. The van der Waals surface area contributed by atoms with Gasteiger partial charge < -0.3 is 29.0 Å². The Morgan fingerprint density at radius 1 is 0.930 bits per heavy atom. The van der Waals surface area contributed by atoms with Crippen LogP contribution < -0.4 is 14.2 Å². The minimum Gasteiger partial charge on any atom is -0.507 e. The number of aliphatic hydroxyl groups is 1. The molecule has 43 heavy (non-hydrogen) atoms. The van der Waals surface area contributed by atoms with Crippen molar-refractivity contribution in [2.75, 3.05) is 53.6 Å². The standard InChI is InChI=1S/C33H35FN2O7/c1-40-26-11-10-24(19-25(26)34)31(37)29-30(36(33(39)32(29)38)14-6-13-35-15-17-42-18-16-35)23-9-12-27(28(20-23)41-2)43-21-22-7-4-3-5-8-22/h3-5,7-12,19-20,30,37H,6,13-18,21H2,1-2H3. The first-order chi connectivity index (χ1) is 20.9. The smallest absolute Gasteiger partial charge is 0.295 e. The molecule has 0 aromatic heterocycles. The van der Waals surface area contributed by atoms with E-state index < -0.39 is 29.3 Å². The molecule has 9 nitrogen and oxygen atoms in total. The van der Waals surface area contributed by atoms with Gasteiger partial charge in [0.1, 0.15) is 12.4 Å². The number of benzene rings is 3. The van der Waals surface area contributed by atoms with Gasteiger partial charge in [-0.3, -0.25) is 14.5 Å². The van der Waals surface area contributed by atoms with Gasteiger partial charge in [-0.25, -0.2) is 4.39 Å². The highest BCUT2D eigenvalue weighted by molar-refractivity contribution is 6.46. The number of Topliss-reactive ketones (excluding diaryl/α,β-unsaturated/α-hetero) is 1. The first-order valence-electron chi connectivity index (χ1n) is 14.2. The lowest BCUT2D eigenvalue weighted by Gasteiger charge is -2.29. The van der Waals surface area contributed by atoms with Crippen LogP contribution in [0.15, 0.2) is 72.3 Å². The number of likely N-dealkylation sites (tertiary alicyclic amines) is 1. The van der Waals surface area contributed by atoms with Crippen LogP contribution in [0.3, 0.4) is 0 Å². The van der Waals surface area contributed by atoms with Crippen molar-refractivity contribution in [2.24, 2.45) is 0 Å². The van der Waals surface area contributed by atoms with Crippen LogP contribution in [-0.4, -0.2) is 80.2 Å². The molecule has 1 amide bonds. The van der Waals surface area contributed by atoms with E-state index in [0.29, 0.717) is 43.3 Å². The lowest BCUT2D eigenvalue weighted by Crippen LogP contribution is -2.39. The van der Waals surface area contributed by atoms with Crippen molar-refractivity contribution in [2.45, 2.75) is 19.1 Å². The number of halogens is 1. The predicted molar refractivity (Wildman–Crippen MR) is 158 cm³/mol. The van der Waals surface area contributed by atoms with Crippen LogP contribution in [0.1, 0.15) is 29.2 Å². The van der Waals surface area contributed by atoms with Crippen LogP contribution in [0.2, 0.25) is 0 Å². The summed E-state index contributed by atoms with van der Waals surface area (Å²) in [6.07, 6.45) is 0.607. The molecular weight excluding hydrogens is 555 g/mol. The third-order valence-electron chi connectivity index (χ3n) is 7.68. The number of aliphatic hydroxyl groups excluding tert-OH is 1. The molecule has 0 spiro atoms. The average molecular weight is 591 g/mol. The summed E-state index contributed by atoms with van der Waals surface area (Å²) in [6.45, 7) is 4.22. The lowest BCUT2D eigenvalue weighted by atomic mass is 9.94. The SMILES string of the molecule is COc1ccc(C(O)=C2C(=O)C(=O)N(CCCN3CCOCC3)C2c2ccc(OCc3ccccc3)c(OC)c2)cc1F. The van der Waals surface area contributed by atoms with E-state index in [2.05, 4.69) is 4.90 Å². The Balaban J connectivity index is 1.49. The summed E-state index contributed by atoms with van der Waals surface area (Å²) in [5, 5.41) is 11.4. The topological polar surface area (TPSA) is 97.8 Å². The molecule has 0 saturated carbocycles. The maximum Gasteiger partial charge on any atom is 0.295 e. The molecule has 2 fully saturated rings. The van der Waals surface area contributed by atoms with Crippen molar-refractivity contribution in [1.82, 2.24) is 9.80 Å². The first kappa shape index (κ1) is 30.1. The monoisotopic (exact) mass is 590 g/mol. The fourth-order valence-electron chi connectivity index (χ4n) is 5.42. The molecule has 2 saturated heterocycles. The maximum atomic E-state index is 14.6. The Labute approximate surface area is 250 Å². The Kier molecular flexibility index (Phi) is 9.58. The number of ketones is 1. The molecule has 226 valence electrons. The minimum atomic E-state index is -0.924. The van der Waals surface area contributed by atoms with Crippen molar-refractivity contribution < 1.29 is 38.0 Å². The van der Waals surface area contributed by atoms with E-state index in [1.807, 2.05) is 30.3 Å². The lowest BCUT2D eigenvalue weighted by molar-refractivity contribution is -0.140. The first-order valence-corrected chi connectivity index (χ1v) is 14.2. The third-order valence-corrected chi connectivity index (χ3v) is 7.68. The largest absolute Gasteiger partial charge is 0.507 e. The van der Waals surface area contributed by atoms with E-state index in [4.69, 9.17) is 18.9 Å². The van der Waals surface area contributed by atoms with Gasteiger partial charge in [0.05, 0.1) is 39.0 Å². The summed E-state index contributed by atoms with van der Waals surface area (Å²) in [5.74, 6) is -1.86. The maximum absolute atomic E-state index is 14.6. The van der Waals surface area contributed by atoms with Gasteiger partial charge in [0, 0.05) is 31.7 Å². The van der Waals surface area contributed by atoms with E-state index in [1.165, 1.54) is 31.3 Å². The molecule has 1 atom stereocenters. The molecule has 2 aliphatic rings. The van der Waals surface area contributed by atoms with Crippen molar-refractivity contribution in [3.05, 3.63) is 94.8 Å². The Hall–Kier alpha value is -4.41. The molecule has 2 heterocycles. The van der Waals surface area contributed by atoms with Gasteiger partial charge in [-0.05, 0) is 47.9 Å². The van der Waals surface area contributed by atoms with Crippen LogP contribution in [0.5, 0.6) is 17.2 Å². The molecule has 0 bridgehead atoms. The van der Waals surface area contributed by atoms with Crippen LogP contribution in [0.25, 0.3) is 5.76 Å². The normalized spacial score (nSPS) is 18.6. The number of carbonyl (C=O) groups is 2. The zero-order valence-corrected chi connectivity index (χ0v) is 24.3. The number of hydrogen-bond donors (Lipinski definition) is 1. The quantitative estimate of drug-likeness (QED) is 0.197. The van der Waals surface area contributed by atoms with E-state index in [1.54, 1.807) is 18.2 Å². The summed E-state index contributed by atoms with van der Waals surface area (Å²) in [7, 11) is 2.84. The van der Waals surface area contributed by atoms with Crippen LogP contribution in [-0.2, 0) is 20.9 Å². The highest BCUT2D eigenvalue weighted by Gasteiger charge is 2.46. The number of carbonyl (C=O) groups excluding carboxylic acids is 2. The number of rotatable bonds is 11. The van der Waals surface area contributed by atoms with Gasteiger partial charge in [-0.1, -0.05) is 36.4 Å². The number of morpholine rings is 1.